The van der Waals surface area contributed by atoms with Crippen LogP contribution >= 0.6 is 0 Å². The van der Waals surface area contributed by atoms with E-state index < -0.39 is 0 Å². The zero-order valence-corrected chi connectivity index (χ0v) is 13.7. The van der Waals surface area contributed by atoms with Crippen molar-refractivity contribution >= 4 is 0 Å². The highest BCUT2D eigenvalue weighted by molar-refractivity contribution is 5.71. The Morgan fingerprint density at radius 2 is 1.00 bits per heavy atom. The largest absolute Gasteiger partial charge is 0.0587 e. The highest BCUT2D eigenvalue weighted by atomic mass is 14.1. The summed E-state index contributed by atoms with van der Waals surface area (Å²) in [7, 11) is 0. The molecule has 0 nitrogen and oxygen atoms in total. The molecule has 23 heavy (non-hydrogen) atoms. The van der Waals surface area contributed by atoms with Crippen LogP contribution in [-0.4, -0.2) is 0 Å². The quantitative estimate of drug-likeness (QED) is 0.528. The smallest absolute Gasteiger partial charge is 0.0181 e. The van der Waals surface area contributed by atoms with Crippen LogP contribution in [0.3, 0.4) is 0 Å². The van der Waals surface area contributed by atoms with Crippen LogP contribution in [0.1, 0.15) is 29.5 Å². The van der Waals surface area contributed by atoms with Crippen LogP contribution in [-0.2, 0) is 12.8 Å². The van der Waals surface area contributed by atoms with Gasteiger partial charge in [0, 0.05) is 0 Å². The highest BCUT2D eigenvalue weighted by Gasteiger charge is 2.10. The second kappa shape index (κ2) is 6.04. The molecule has 0 unspecified atom stereocenters. The molecular weight excluding hydrogens is 276 g/mol. The molecule has 0 N–H and O–H groups in total. The van der Waals surface area contributed by atoms with E-state index in [9.17, 15) is 0 Å². The van der Waals surface area contributed by atoms with Gasteiger partial charge in [-0.2, -0.15) is 0 Å². The Morgan fingerprint density at radius 3 is 1.65 bits per heavy atom. The van der Waals surface area contributed by atoms with Crippen molar-refractivity contribution in [2.75, 3.05) is 0 Å². The molecule has 0 aliphatic heterocycles. The number of aryl methyl sites for hydroxylation is 3. The number of hydrogen-bond acceptors (Lipinski definition) is 0. The van der Waals surface area contributed by atoms with E-state index in [2.05, 4.69) is 73.7 Å². The fourth-order valence-corrected chi connectivity index (χ4v) is 3.51. The van der Waals surface area contributed by atoms with E-state index in [4.69, 9.17) is 0 Å². The van der Waals surface area contributed by atoms with Crippen molar-refractivity contribution < 1.29 is 0 Å². The SMILES string of the molecule is Cc1ccc(-c2ccc(-c3ccc4c(c3)CCCC4)cc2)cc1. The summed E-state index contributed by atoms with van der Waals surface area (Å²) in [5.74, 6) is 0. The van der Waals surface area contributed by atoms with Gasteiger partial charge in [0.2, 0.25) is 0 Å². The molecule has 0 heterocycles. The Labute approximate surface area is 138 Å². The first kappa shape index (κ1) is 14.3. The Bertz CT molecular complexity index is 808. The second-order valence-electron chi connectivity index (χ2n) is 6.63. The Kier molecular flexibility index (Phi) is 3.75. The van der Waals surface area contributed by atoms with Gasteiger partial charge in [0.1, 0.15) is 0 Å². The molecule has 0 amide bonds. The van der Waals surface area contributed by atoms with Crippen molar-refractivity contribution in [3.63, 3.8) is 0 Å². The third-order valence-corrected chi connectivity index (χ3v) is 4.95. The predicted molar refractivity (Wildman–Crippen MR) is 98.7 cm³/mol. The van der Waals surface area contributed by atoms with Crippen LogP contribution in [0, 0.1) is 6.92 Å². The van der Waals surface area contributed by atoms with E-state index in [0.717, 1.165) is 0 Å². The van der Waals surface area contributed by atoms with Gasteiger partial charge in [0.05, 0.1) is 0 Å². The van der Waals surface area contributed by atoms with Gasteiger partial charge in [-0.15, -0.1) is 0 Å². The third kappa shape index (κ3) is 2.94. The highest BCUT2D eigenvalue weighted by Crippen LogP contribution is 2.29. The third-order valence-electron chi connectivity index (χ3n) is 4.95. The molecule has 3 aromatic rings. The molecule has 3 aromatic carbocycles. The number of benzene rings is 3. The molecule has 0 spiro atoms. The van der Waals surface area contributed by atoms with Crippen molar-refractivity contribution in [2.45, 2.75) is 32.6 Å². The van der Waals surface area contributed by atoms with Gasteiger partial charge < -0.3 is 0 Å². The van der Waals surface area contributed by atoms with Crippen LogP contribution in [0.2, 0.25) is 0 Å². The van der Waals surface area contributed by atoms with Crippen molar-refractivity contribution in [2.24, 2.45) is 0 Å². The molecule has 1 aliphatic rings. The number of fused-ring (bicyclic) bond motifs is 1. The molecular formula is C23H22. The molecule has 0 radical (unpaired) electrons. The molecule has 0 heteroatoms. The molecule has 0 bridgehead atoms. The summed E-state index contributed by atoms with van der Waals surface area (Å²) in [6.45, 7) is 2.13. The molecule has 1 aliphatic carbocycles. The van der Waals surface area contributed by atoms with Crippen molar-refractivity contribution in [3.8, 4) is 22.3 Å². The molecule has 4 rings (SSSR count). The van der Waals surface area contributed by atoms with Gasteiger partial charge in [0.15, 0.2) is 0 Å². The molecule has 0 fully saturated rings. The summed E-state index contributed by atoms with van der Waals surface area (Å²) < 4.78 is 0. The Balaban J connectivity index is 1.64. The normalized spacial score (nSPS) is 13.6. The lowest BCUT2D eigenvalue weighted by molar-refractivity contribution is 0.686. The van der Waals surface area contributed by atoms with E-state index in [-0.39, 0.29) is 0 Å². The maximum Gasteiger partial charge on any atom is -0.0181 e. The minimum absolute atomic E-state index is 1.24. The monoisotopic (exact) mass is 298 g/mol. The van der Waals surface area contributed by atoms with Gasteiger partial charge in [-0.25, -0.2) is 0 Å². The van der Waals surface area contributed by atoms with Gasteiger partial charge in [-0.05, 0) is 66.0 Å². The van der Waals surface area contributed by atoms with Crippen LogP contribution in [0.4, 0.5) is 0 Å². The van der Waals surface area contributed by atoms with Crippen LogP contribution in [0.15, 0.2) is 66.7 Å². The van der Waals surface area contributed by atoms with Crippen molar-refractivity contribution in [3.05, 3.63) is 83.4 Å². The fraction of sp³-hybridized carbons (Fsp3) is 0.217. The van der Waals surface area contributed by atoms with E-state index in [1.165, 1.54) is 53.5 Å². The van der Waals surface area contributed by atoms with E-state index in [1.54, 1.807) is 11.1 Å². The summed E-state index contributed by atoms with van der Waals surface area (Å²) in [5, 5.41) is 0. The summed E-state index contributed by atoms with van der Waals surface area (Å²) in [5.41, 5.74) is 9.64. The van der Waals surface area contributed by atoms with E-state index in [1.807, 2.05) is 0 Å². The maximum atomic E-state index is 2.40. The average Bonchev–Trinajstić information content (AvgIpc) is 2.62. The number of rotatable bonds is 2. The minimum Gasteiger partial charge on any atom is -0.0587 e. The molecule has 0 saturated heterocycles. The maximum absolute atomic E-state index is 2.40. The first-order valence-corrected chi connectivity index (χ1v) is 8.59. The lowest BCUT2D eigenvalue weighted by Gasteiger charge is -2.16. The van der Waals surface area contributed by atoms with Crippen LogP contribution in [0.25, 0.3) is 22.3 Å². The van der Waals surface area contributed by atoms with E-state index in [0.29, 0.717) is 0 Å². The van der Waals surface area contributed by atoms with Gasteiger partial charge in [0.25, 0.3) is 0 Å². The summed E-state index contributed by atoms with van der Waals surface area (Å²) >= 11 is 0. The lowest BCUT2D eigenvalue weighted by atomic mass is 9.89. The minimum atomic E-state index is 1.24. The Morgan fingerprint density at radius 1 is 0.522 bits per heavy atom. The second-order valence-corrected chi connectivity index (χ2v) is 6.63. The fourth-order valence-electron chi connectivity index (χ4n) is 3.51. The first-order valence-electron chi connectivity index (χ1n) is 8.59. The molecule has 0 saturated carbocycles. The van der Waals surface area contributed by atoms with Gasteiger partial charge in [-0.3, -0.25) is 0 Å². The van der Waals surface area contributed by atoms with Crippen molar-refractivity contribution in [1.29, 1.82) is 0 Å². The van der Waals surface area contributed by atoms with Crippen LogP contribution in [0.5, 0.6) is 0 Å². The standard InChI is InChI=1S/C23H22/c1-17-6-8-19(9-7-17)20-10-12-21(13-11-20)23-15-14-18-4-2-3-5-22(18)16-23/h6-16H,2-5H2,1H3. The molecule has 114 valence electrons. The first-order chi connectivity index (χ1) is 11.3. The zero-order chi connectivity index (χ0) is 15.6. The predicted octanol–water partition coefficient (Wildman–Crippen LogP) is 6.21. The topological polar surface area (TPSA) is 0 Å². The van der Waals surface area contributed by atoms with Gasteiger partial charge in [-0.1, -0.05) is 72.3 Å². The number of hydrogen-bond donors (Lipinski definition) is 0. The Hall–Kier alpha value is -2.34. The van der Waals surface area contributed by atoms with Crippen LogP contribution < -0.4 is 0 Å². The van der Waals surface area contributed by atoms with E-state index >= 15 is 0 Å². The average molecular weight is 298 g/mol. The summed E-state index contributed by atoms with van der Waals surface area (Å²) in [6, 6.07) is 24.7. The zero-order valence-electron chi connectivity index (χ0n) is 13.7. The molecule has 0 atom stereocenters. The van der Waals surface area contributed by atoms with Gasteiger partial charge >= 0.3 is 0 Å². The van der Waals surface area contributed by atoms with Crippen molar-refractivity contribution in [1.82, 2.24) is 0 Å². The molecule has 0 aromatic heterocycles. The lowest BCUT2D eigenvalue weighted by Crippen LogP contribution is -2.02. The summed E-state index contributed by atoms with van der Waals surface area (Å²) in [4.78, 5) is 0. The summed E-state index contributed by atoms with van der Waals surface area (Å²) in [6.07, 6.45) is 5.17.